The molecule has 0 aliphatic rings. The Morgan fingerprint density at radius 1 is 1.17 bits per heavy atom. The third-order valence-electron chi connectivity index (χ3n) is 4.28. The van der Waals surface area contributed by atoms with Gasteiger partial charge in [0.1, 0.15) is 11.6 Å². The molecule has 1 aromatic carbocycles. The lowest BCUT2D eigenvalue weighted by atomic mass is 10.1. The Hall–Kier alpha value is -3.56. The molecule has 0 spiro atoms. The molecule has 1 N–H and O–H groups in total. The summed E-state index contributed by atoms with van der Waals surface area (Å²) in [7, 11) is 1.34. The van der Waals surface area contributed by atoms with E-state index in [0.29, 0.717) is 22.5 Å². The number of pyridine rings is 1. The predicted octanol–water partition coefficient (Wildman–Crippen LogP) is 3.80. The molecule has 0 aliphatic carbocycles. The molecule has 7 nitrogen and oxygen atoms in total. The lowest BCUT2D eigenvalue weighted by Crippen LogP contribution is -2.19. The first-order valence-corrected chi connectivity index (χ1v) is 8.86. The molecule has 0 aliphatic heterocycles. The van der Waals surface area contributed by atoms with Gasteiger partial charge in [-0.3, -0.25) is 9.78 Å². The Morgan fingerprint density at radius 2 is 1.93 bits per heavy atom. The van der Waals surface area contributed by atoms with Gasteiger partial charge in [-0.25, -0.2) is 4.39 Å². The van der Waals surface area contributed by atoms with Crippen molar-refractivity contribution >= 4 is 11.6 Å². The van der Waals surface area contributed by atoms with Crippen LogP contribution in [0.25, 0.3) is 0 Å². The summed E-state index contributed by atoms with van der Waals surface area (Å²) in [6.45, 7) is 0.483. The van der Waals surface area contributed by atoms with Crippen molar-refractivity contribution in [2.45, 2.75) is 27.0 Å². The summed E-state index contributed by atoms with van der Waals surface area (Å²) in [5.41, 5.74) is 1.40. The fourth-order valence-electron chi connectivity index (χ4n) is 2.81. The number of aryl methyl sites for hydroxylation is 2. The molecule has 0 saturated carbocycles. The smallest absolute Gasteiger partial charge is 0.387 e. The highest BCUT2D eigenvalue weighted by atomic mass is 19.3. The van der Waals surface area contributed by atoms with Gasteiger partial charge in [-0.05, 0) is 49.2 Å². The van der Waals surface area contributed by atoms with Gasteiger partial charge in [0, 0.05) is 11.9 Å². The van der Waals surface area contributed by atoms with E-state index in [1.54, 1.807) is 24.5 Å². The lowest BCUT2D eigenvalue weighted by Gasteiger charge is -2.17. The van der Waals surface area contributed by atoms with Crippen molar-refractivity contribution in [3.05, 3.63) is 69.7 Å². The number of alkyl halides is 2. The van der Waals surface area contributed by atoms with Gasteiger partial charge in [-0.1, -0.05) is 0 Å². The highest BCUT2D eigenvalue weighted by molar-refractivity contribution is 5.62. The van der Waals surface area contributed by atoms with Crippen molar-refractivity contribution in [2.24, 2.45) is 0 Å². The molecular formula is C20H19F3N4O3. The van der Waals surface area contributed by atoms with Crippen molar-refractivity contribution in [3.8, 4) is 11.5 Å². The Kier molecular flexibility index (Phi) is 6.24. The number of nitrogens with one attached hydrogen (secondary N) is 1. The monoisotopic (exact) mass is 420 g/mol. The molecule has 3 aromatic rings. The summed E-state index contributed by atoms with van der Waals surface area (Å²) in [5.74, 6) is -0.240. The molecule has 30 heavy (non-hydrogen) atoms. The van der Waals surface area contributed by atoms with Crippen LogP contribution in [0.5, 0.6) is 11.5 Å². The molecule has 0 unspecified atom stereocenters. The van der Waals surface area contributed by atoms with Crippen LogP contribution in [-0.4, -0.2) is 28.3 Å². The number of halogens is 3. The normalized spacial score (nSPS) is 10.9. The maximum atomic E-state index is 13.5. The molecule has 0 bridgehead atoms. The predicted molar refractivity (Wildman–Crippen MR) is 104 cm³/mol. The molecule has 0 atom stereocenters. The van der Waals surface area contributed by atoms with E-state index in [2.05, 4.69) is 20.0 Å². The number of ether oxygens (including phenoxy) is 2. The van der Waals surface area contributed by atoms with Gasteiger partial charge in [0.05, 0.1) is 25.5 Å². The van der Waals surface area contributed by atoms with Crippen molar-refractivity contribution in [2.75, 3.05) is 12.4 Å². The summed E-state index contributed by atoms with van der Waals surface area (Å²) < 4.78 is 49.7. The SMILES string of the molecule is COc1cn(Cc2cc(F)ccn2)c(Nc2cc(C)c(OC(F)F)cc2C)nc1=O. The first kappa shape index (κ1) is 21.2. The Labute approximate surface area is 170 Å². The summed E-state index contributed by atoms with van der Waals surface area (Å²) >= 11 is 0. The summed E-state index contributed by atoms with van der Waals surface area (Å²) in [5, 5.41) is 3.02. The second-order valence-electron chi connectivity index (χ2n) is 6.47. The molecule has 0 radical (unpaired) electrons. The van der Waals surface area contributed by atoms with Gasteiger partial charge in [-0.15, -0.1) is 0 Å². The first-order valence-electron chi connectivity index (χ1n) is 8.86. The van der Waals surface area contributed by atoms with Crippen LogP contribution in [0.4, 0.5) is 24.8 Å². The minimum atomic E-state index is -2.94. The number of methoxy groups -OCH3 is 1. The highest BCUT2D eigenvalue weighted by Gasteiger charge is 2.14. The maximum Gasteiger partial charge on any atom is 0.387 e. The Morgan fingerprint density at radius 3 is 2.60 bits per heavy atom. The molecule has 158 valence electrons. The van der Waals surface area contributed by atoms with Gasteiger partial charge in [0.2, 0.25) is 11.7 Å². The number of benzene rings is 1. The zero-order chi connectivity index (χ0) is 21.8. The van der Waals surface area contributed by atoms with Crippen molar-refractivity contribution in [1.82, 2.24) is 14.5 Å². The third-order valence-corrected chi connectivity index (χ3v) is 4.28. The fraction of sp³-hybridized carbons (Fsp3) is 0.250. The highest BCUT2D eigenvalue weighted by Crippen LogP contribution is 2.29. The van der Waals surface area contributed by atoms with Crippen molar-refractivity contribution in [1.29, 1.82) is 0 Å². The maximum absolute atomic E-state index is 13.5. The van der Waals surface area contributed by atoms with Crippen molar-refractivity contribution in [3.63, 3.8) is 0 Å². The first-order chi connectivity index (χ1) is 14.3. The number of nitrogens with zero attached hydrogens (tertiary/aromatic N) is 3. The van der Waals surface area contributed by atoms with Crippen LogP contribution in [0, 0.1) is 19.7 Å². The molecule has 2 aromatic heterocycles. The largest absolute Gasteiger partial charge is 0.490 e. The van der Waals surface area contributed by atoms with Gasteiger partial charge in [-0.2, -0.15) is 13.8 Å². The van der Waals surface area contributed by atoms with Crippen LogP contribution in [0.2, 0.25) is 0 Å². The van der Waals surface area contributed by atoms with Crippen LogP contribution in [0.15, 0.2) is 41.5 Å². The number of aromatic nitrogens is 3. The minimum Gasteiger partial charge on any atom is -0.490 e. The number of hydrogen-bond donors (Lipinski definition) is 1. The van der Waals surface area contributed by atoms with E-state index >= 15 is 0 Å². The van der Waals surface area contributed by atoms with Crippen LogP contribution in [-0.2, 0) is 6.54 Å². The van der Waals surface area contributed by atoms with Gasteiger partial charge >= 0.3 is 12.2 Å². The van der Waals surface area contributed by atoms with Crippen molar-refractivity contribution < 1.29 is 22.6 Å². The fourth-order valence-corrected chi connectivity index (χ4v) is 2.81. The zero-order valence-electron chi connectivity index (χ0n) is 16.4. The van der Waals surface area contributed by atoms with E-state index < -0.39 is 18.0 Å². The molecule has 0 fully saturated rings. The van der Waals surface area contributed by atoms with E-state index in [-0.39, 0.29) is 24.0 Å². The lowest BCUT2D eigenvalue weighted by molar-refractivity contribution is -0.0503. The average Bonchev–Trinajstić information content (AvgIpc) is 2.67. The standard InChI is InChI=1S/C20H19F3N4O3/c1-11-7-16(30-19(22)23)12(2)6-15(11)25-20-26-18(28)17(29-3)10-27(20)9-14-8-13(21)4-5-24-14/h4-8,10,19H,9H2,1-3H3,(H,25,26,28). The second-order valence-corrected chi connectivity index (χ2v) is 6.47. The van der Waals surface area contributed by atoms with E-state index in [0.717, 1.165) is 0 Å². The van der Waals surface area contributed by atoms with Gasteiger partial charge in [0.15, 0.2) is 0 Å². The Balaban J connectivity index is 2.00. The number of rotatable bonds is 7. The summed E-state index contributed by atoms with van der Waals surface area (Å²) in [6, 6.07) is 5.56. The van der Waals surface area contributed by atoms with Crippen LogP contribution in [0.1, 0.15) is 16.8 Å². The summed E-state index contributed by atoms with van der Waals surface area (Å²) in [4.78, 5) is 20.3. The molecule has 10 heteroatoms. The molecule has 0 saturated heterocycles. The van der Waals surface area contributed by atoms with Crippen LogP contribution >= 0.6 is 0 Å². The minimum absolute atomic E-state index is 0.00513. The van der Waals surface area contributed by atoms with Gasteiger partial charge < -0.3 is 19.4 Å². The van der Waals surface area contributed by atoms with E-state index in [1.807, 2.05) is 0 Å². The van der Waals surface area contributed by atoms with E-state index in [9.17, 15) is 18.0 Å². The zero-order valence-corrected chi connectivity index (χ0v) is 16.4. The third kappa shape index (κ3) is 4.88. The summed E-state index contributed by atoms with van der Waals surface area (Å²) in [6.07, 6.45) is 2.76. The second kappa shape index (κ2) is 8.85. The Bertz CT molecular complexity index is 1120. The molecule has 0 amide bonds. The van der Waals surface area contributed by atoms with Crippen LogP contribution < -0.4 is 20.3 Å². The quantitative estimate of drug-likeness (QED) is 0.627. The molecule has 2 heterocycles. The average molecular weight is 420 g/mol. The molecule has 3 rings (SSSR count). The van der Waals surface area contributed by atoms with Crippen LogP contribution in [0.3, 0.4) is 0 Å². The molecular weight excluding hydrogens is 401 g/mol. The number of hydrogen-bond acceptors (Lipinski definition) is 6. The van der Waals surface area contributed by atoms with E-state index in [1.165, 1.54) is 37.7 Å². The number of anilines is 2. The van der Waals surface area contributed by atoms with E-state index in [4.69, 9.17) is 4.74 Å². The van der Waals surface area contributed by atoms with Gasteiger partial charge in [0.25, 0.3) is 0 Å². The topological polar surface area (TPSA) is 78.3 Å².